The van der Waals surface area contributed by atoms with Crippen molar-refractivity contribution in [2.24, 2.45) is 11.8 Å². The second-order valence-corrected chi connectivity index (χ2v) is 8.48. The Kier molecular flexibility index (Phi) is 6.20. The Morgan fingerprint density at radius 1 is 1.29 bits per heavy atom. The van der Waals surface area contributed by atoms with Crippen molar-refractivity contribution >= 4 is 11.3 Å². The van der Waals surface area contributed by atoms with Crippen LogP contribution in [0.1, 0.15) is 76.4 Å². The summed E-state index contributed by atoms with van der Waals surface area (Å²) in [6.45, 7) is 6.65. The van der Waals surface area contributed by atoms with Gasteiger partial charge in [0, 0.05) is 23.3 Å². The van der Waals surface area contributed by atoms with E-state index in [0.717, 1.165) is 12.3 Å². The summed E-state index contributed by atoms with van der Waals surface area (Å²) < 4.78 is 0. The zero-order chi connectivity index (χ0) is 15.3. The summed E-state index contributed by atoms with van der Waals surface area (Å²) in [7, 11) is 0. The zero-order valence-electron chi connectivity index (χ0n) is 13.8. The molecule has 0 amide bonds. The fourth-order valence-corrected chi connectivity index (χ4v) is 4.27. The normalized spacial score (nSPS) is 19.4. The molecule has 1 atom stereocenters. The number of hydrazine groups is 1. The first-order valence-corrected chi connectivity index (χ1v) is 9.28. The molecule has 21 heavy (non-hydrogen) atoms. The highest BCUT2D eigenvalue weighted by Gasteiger charge is 2.21. The molecule has 1 unspecified atom stereocenters. The number of nitrogens with zero attached hydrogens (tertiary/aromatic N) is 1. The third-order valence-electron chi connectivity index (χ3n) is 4.57. The summed E-state index contributed by atoms with van der Waals surface area (Å²) in [6, 6.07) is 0.368. The SMILES string of the molecule is CC(C)(C)c1csc(CC(CC2CCCCCC2)NN)n1. The summed E-state index contributed by atoms with van der Waals surface area (Å²) in [4.78, 5) is 4.80. The summed E-state index contributed by atoms with van der Waals surface area (Å²) in [5.41, 5.74) is 4.38. The minimum Gasteiger partial charge on any atom is -0.271 e. The molecule has 4 heteroatoms. The lowest BCUT2D eigenvalue weighted by Gasteiger charge is -2.21. The number of hydrogen-bond acceptors (Lipinski definition) is 4. The van der Waals surface area contributed by atoms with E-state index in [1.165, 1.54) is 55.6 Å². The molecule has 120 valence electrons. The van der Waals surface area contributed by atoms with E-state index < -0.39 is 0 Å². The lowest BCUT2D eigenvalue weighted by molar-refractivity contribution is 0.352. The van der Waals surface area contributed by atoms with Crippen LogP contribution in [0.3, 0.4) is 0 Å². The Bertz CT molecular complexity index is 414. The molecule has 1 heterocycles. The molecule has 0 aromatic carbocycles. The number of aromatic nitrogens is 1. The number of thiazole rings is 1. The van der Waals surface area contributed by atoms with Crippen LogP contribution in [0.4, 0.5) is 0 Å². The molecular weight excluding hydrogens is 278 g/mol. The lowest BCUT2D eigenvalue weighted by Crippen LogP contribution is -2.38. The number of nitrogens with two attached hydrogens (primary N) is 1. The summed E-state index contributed by atoms with van der Waals surface area (Å²) in [5.74, 6) is 6.64. The minimum atomic E-state index is 0.141. The van der Waals surface area contributed by atoms with Crippen LogP contribution in [0.5, 0.6) is 0 Å². The monoisotopic (exact) mass is 309 g/mol. The van der Waals surface area contributed by atoms with E-state index >= 15 is 0 Å². The molecule has 0 radical (unpaired) electrons. The predicted octanol–water partition coefficient (Wildman–Crippen LogP) is 4.18. The fraction of sp³-hybridized carbons (Fsp3) is 0.824. The Labute approximate surface area is 133 Å². The lowest BCUT2D eigenvalue weighted by atomic mass is 9.91. The third-order valence-corrected chi connectivity index (χ3v) is 5.44. The van der Waals surface area contributed by atoms with E-state index in [4.69, 9.17) is 10.8 Å². The molecule has 3 nitrogen and oxygen atoms in total. The van der Waals surface area contributed by atoms with Crippen LogP contribution < -0.4 is 11.3 Å². The smallest absolute Gasteiger partial charge is 0.0944 e. The Morgan fingerprint density at radius 2 is 1.95 bits per heavy atom. The number of hydrogen-bond donors (Lipinski definition) is 2. The van der Waals surface area contributed by atoms with Crippen LogP contribution in [0.15, 0.2) is 5.38 Å². The van der Waals surface area contributed by atoms with Crippen LogP contribution in [0, 0.1) is 5.92 Å². The number of nitrogens with one attached hydrogen (secondary N) is 1. The molecular formula is C17H31N3S. The topological polar surface area (TPSA) is 50.9 Å². The highest BCUT2D eigenvalue weighted by atomic mass is 32.1. The van der Waals surface area contributed by atoms with E-state index in [1.54, 1.807) is 11.3 Å². The summed E-state index contributed by atoms with van der Waals surface area (Å²) in [6.07, 6.45) is 10.5. The largest absolute Gasteiger partial charge is 0.271 e. The maximum absolute atomic E-state index is 5.80. The molecule has 3 N–H and O–H groups in total. The van der Waals surface area contributed by atoms with Crippen molar-refractivity contribution in [2.75, 3.05) is 0 Å². The first kappa shape index (κ1) is 16.9. The molecule has 1 aromatic heterocycles. The van der Waals surface area contributed by atoms with Crippen LogP contribution in [-0.4, -0.2) is 11.0 Å². The van der Waals surface area contributed by atoms with Gasteiger partial charge in [0.1, 0.15) is 0 Å². The van der Waals surface area contributed by atoms with Gasteiger partial charge in [0.25, 0.3) is 0 Å². The molecule has 1 fully saturated rings. The van der Waals surface area contributed by atoms with Crippen molar-refractivity contribution in [1.82, 2.24) is 10.4 Å². The molecule has 2 rings (SSSR count). The van der Waals surface area contributed by atoms with Crippen molar-refractivity contribution < 1.29 is 0 Å². The van der Waals surface area contributed by atoms with Crippen molar-refractivity contribution in [3.63, 3.8) is 0 Å². The van der Waals surface area contributed by atoms with Crippen LogP contribution in [0.25, 0.3) is 0 Å². The van der Waals surface area contributed by atoms with Gasteiger partial charge in [-0.2, -0.15) is 0 Å². The van der Waals surface area contributed by atoms with Gasteiger partial charge in [0.15, 0.2) is 0 Å². The van der Waals surface area contributed by atoms with Crippen LogP contribution in [0.2, 0.25) is 0 Å². The first-order valence-electron chi connectivity index (χ1n) is 8.40. The quantitative estimate of drug-likeness (QED) is 0.487. The van der Waals surface area contributed by atoms with Crippen molar-refractivity contribution in [2.45, 2.75) is 83.6 Å². The van der Waals surface area contributed by atoms with Crippen LogP contribution in [-0.2, 0) is 11.8 Å². The van der Waals surface area contributed by atoms with Crippen molar-refractivity contribution in [1.29, 1.82) is 0 Å². The van der Waals surface area contributed by atoms with Gasteiger partial charge in [-0.1, -0.05) is 59.3 Å². The predicted molar refractivity (Wildman–Crippen MR) is 91.4 cm³/mol. The standard InChI is InChI=1S/C17H31N3S/c1-17(2,3)15-12-21-16(19-15)11-14(20-18)10-13-8-6-4-5-7-9-13/h12-14,20H,4-11,18H2,1-3H3. The molecule has 1 saturated carbocycles. The van der Waals surface area contributed by atoms with Gasteiger partial charge in [-0.15, -0.1) is 11.3 Å². The van der Waals surface area contributed by atoms with Crippen molar-refractivity contribution in [3.8, 4) is 0 Å². The molecule has 0 spiro atoms. The average molecular weight is 310 g/mol. The van der Waals surface area contributed by atoms with E-state index in [9.17, 15) is 0 Å². The van der Waals surface area contributed by atoms with Gasteiger partial charge in [-0.3, -0.25) is 11.3 Å². The average Bonchev–Trinajstić information content (AvgIpc) is 2.75. The van der Waals surface area contributed by atoms with E-state index in [-0.39, 0.29) is 5.41 Å². The van der Waals surface area contributed by atoms with Gasteiger partial charge in [0.05, 0.1) is 10.7 Å². The maximum atomic E-state index is 5.80. The summed E-state index contributed by atoms with van der Waals surface area (Å²) >= 11 is 1.78. The molecule has 1 aromatic rings. The summed E-state index contributed by atoms with van der Waals surface area (Å²) in [5, 5.41) is 3.42. The minimum absolute atomic E-state index is 0.141. The van der Waals surface area contributed by atoms with E-state index in [1.807, 2.05) is 0 Å². The van der Waals surface area contributed by atoms with Crippen molar-refractivity contribution in [3.05, 3.63) is 16.1 Å². The van der Waals surface area contributed by atoms with E-state index in [0.29, 0.717) is 6.04 Å². The molecule has 1 aliphatic rings. The van der Waals surface area contributed by atoms with Crippen LogP contribution >= 0.6 is 11.3 Å². The van der Waals surface area contributed by atoms with E-state index in [2.05, 4.69) is 31.6 Å². The van der Waals surface area contributed by atoms with Gasteiger partial charge in [0.2, 0.25) is 0 Å². The fourth-order valence-electron chi connectivity index (χ4n) is 3.17. The zero-order valence-corrected chi connectivity index (χ0v) is 14.6. The Morgan fingerprint density at radius 3 is 2.48 bits per heavy atom. The molecule has 0 saturated heterocycles. The second-order valence-electron chi connectivity index (χ2n) is 7.54. The van der Waals surface area contributed by atoms with Gasteiger partial charge >= 0.3 is 0 Å². The Hall–Kier alpha value is -0.450. The number of rotatable bonds is 5. The second kappa shape index (κ2) is 7.70. The maximum Gasteiger partial charge on any atom is 0.0944 e. The molecule has 0 bridgehead atoms. The van der Waals surface area contributed by atoms with Gasteiger partial charge < -0.3 is 0 Å². The highest BCUT2D eigenvalue weighted by Crippen LogP contribution is 2.28. The third kappa shape index (κ3) is 5.35. The highest BCUT2D eigenvalue weighted by molar-refractivity contribution is 7.09. The molecule has 0 aliphatic heterocycles. The van der Waals surface area contributed by atoms with Gasteiger partial charge in [-0.25, -0.2) is 4.98 Å². The van der Waals surface area contributed by atoms with Gasteiger partial charge in [-0.05, 0) is 12.3 Å². The Balaban J connectivity index is 1.90. The first-order chi connectivity index (χ1) is 9.99. The molecule has 1 aliphatic carbocycles.